The largest absolute Gasteiger partial charge is 0.496 e. The maximum atomic E-state index is 5.27. The van der Waals surface area contributed by atoms with Gasteiger partial charge in [-0.2, -0.15) is 0 Å². The van der Waals surface area contributed by atoms with Crippen LogP contribution in [-0.4, -0.2) is 17.3 Å². The summed E-state index contributed by atoms with van der Waals surface area (Å²) in [5.74, 6) is 6.87. The number of methoxy groups -OCH3 is 1. The van der Waals surface area contributed by atoms with E-state index >= 15 is 0 Å². The van der Waals surface area contributed by atoms with E-state index in [4.69, 9.17) is 10.6 Å². The molecule has 0 saturated heterocycles. The zero-order valence-corrected chi connectivity index (χ0v) is 10.8. The van der Waals surface area contributed by atoms with Gasteiger partial charge in [0.15, 0.2) is 0 Å². The molecule has 0 radical (unpaired) electrons. The van der Waals surface area contributed by atoms with Crippen LogP contribution in [0.1, 0.15) is 5.01 Å². The van der Waals surface area contributed by atoms with Gasteiger partial charge in [0.25, 0.3) is 0 Å². The summed E-state index contributed by atoms with van der Waals surface area (Å²) in [5.41, 5.74) is 2.48. The monoisotopic (exact) mass is 268 g/mol. The topological polar surface area (TPSA) is 73.1 Å². The van der Waals surface area contributed by atoms with Crippen LogP contribution < -0.4 is 16.0 Å². The van der Waals surface area contributed by atoms with Gasteiger partial charge in [0, 0.05) is 4.90 Å². The molecule has 0 saturated carbocycles. The SMILES string of the molecule is COc1ccccc1SCc1nnc(NN)s1. The summed E-state index contributed by atoms with van der Waals surface area (Å²) in [7, 11) is 1.67. The first-order valence-electron chi connectivity index (χ1n) is 4.88. The third-order valence-corrected chi connectivity index (χ3v) is 4.11. The Hall–Kier alpha value is -1.31. The van der Waals surface area contributed by atoms with E-state index in [1.807, 2.05) is 24.3 Å². The summed E-state index contributed by atoms with van der Waals surface area (Å²) in [6.45, 7) is 0. The van der Waals surface area contributed by atoms with Gasteiger partial charge in [-0.1, -0.05) is 23.5 Å². The number of nitrogens with one attached hydrogen (secondary N) is 1. The normalized spacial score (nSPS) is 10.2. The molecule has 7 heteroatoms. The third-order valence-electron chi connectivity index (χ3n) is 2.01. The van der Waals surface area contributed by atoms with Crippen LogP contribution in [0.2, 0.25) is 0 Å². The number of nitrogens with zero attached hydrogens (tertiary/aromatic N) is 2. The van der Waals surface area contributed by atoms with Crippen molar-refractivity contribution in [1.29, 1.82) is 0 Å². The van der Waals surface area contributed by atoms with Crippen molar-refractivity contribution in [2.24, 2.45) is 5.84 Å². The first-order valence-corrected chi connectivity index (χ1v) is 6.68. The maximum Gasteiger partial charge on any atom is 0.219 e. The van der Waals surface area contributed by atoms with Crippen LogP contribution in [0.5, 0.6) is 5.75 Å². The van der Waals surface area contributed by atoms with Gasteiger partial charge >= 0.3 is 0 Å². The molecular weight excluding hydrogens is 256 g/mol. The molecule has 0 aliphatic rings. The van der Waals surface area contributed by atoms with Gasteiger partial charge in [0.2, 0.25) is 5.13 Å². The molecule has 0 aliphatic carbocycles. The molecule has 0 atom stereocenters. The lowest BCUT2D eigenvalue weighted by molar-refractivity contribution is 0.405. The van der Waals surface area contributed by atoms with Crippen molar-refractivity contribution in [3.05, 3.63) is 29.3 Å². The Morgan fingerprint density at radius 1 is 1.41 bits per heavy atom. The van der Waals surface area contributed by atoms with Crippen molar-refractivity contribution >= 4 is 28.2 Å². The molecule has 90 valence electrons. The Bertz CT molecular complexity index is 489. The molecule has 1 aromatic carbocycles. The average Bonchev–Trinajstić information content (AvgIpc) is 2.84. The maximum absolute atomic E-state index is 5.27. The molecule has 0 fully saturated rings. The van der Waals surface area contributed by atoms with E-state index in [0.29, 0.717) is 5.13 Å². The van der Waals surface area contributed by atoms with Crippen molar-refractivity contribution in [3.63, 3.8) is 0 Å². The number of hydrazine groups is 1. The van der Waals surface area contributed by atoms with E-state index in [2.05, 4.69) is 15.6 Å². The van der Waals surface area contributed by atoms with Crippen molar-refractivity contribution in [2.75, 3.05) is 12.5 Å². The van der Waals surface area contributed by atoms with E-state index in [-0.39, 0.29) is 0 Å². The van der Waals surface area contributed by atoms with Crippen LogP contribution in [0, 0.1) is 0 Å². The number of hydrogen-bond donors (Lipinski definition) is 2. The number of hydrogen-bond acceptors (Lipinski definition) is 7. The Morgan fingerprint density at radius 2 is 2.24 bits per heavy atom. The average molecular weight is 268 g/mol. The van der Waals surface area contributed by atoms with Crippen LogP contribution in [0.15, 0.2) is 29.2 Å². The van der Waals surface area contributed by atoms with E-state index < -0.39 is 0 Å². The standard InChI is InChI=1S/C10H12N4OS2/c1-15-7-4-2-3-5-8(7)16-6-9-13-14-10(12-11)17-9/h2-5H,6,11H2,1H3,(H,12,14). The third kappa shape index (κ3) is 3.09. The molecule has 1 aromatic heterocycles. The molecule has 17 heavy (non-hydrogen) atoms. The minimum absolute atomic E-state index is 0.626. The number of para-hydroxylation sites is 1. The smallest absolute Gasteiger partial charge is 0.219 e. The van der Waals surface area contributed by atoms with Gasteiger partial charge in [-0.3, -0.25) is 5.43 Å². The minimum Gasteiger partial charge on any atom is -0.496 e. The van der Waals surface area contributed by atoms with E-state index in [0.717, 1.165) is 21.4 Å². The Kier molecular flexibility index (Phi) is 4.18. The first kappa shape index (κ1) is 12.2. The summed E-state index contributed by atoms with van der Waals surface area (Å²) in [4.78, 5) is 1.09. The lowest BCUT2D eigenvalue weighted by Gasteiger charge is -2.05. The lowest BCUT2D eigenvalue weighted by atomic mass is 10.3. The molecular formula is C10H12N4OS2. The molecule has 2 rings (SSSR count). The highest BCUT2D eigenvalue weighted by atomic mass is 32.2. The molecule has 0 bridgehead atoms. The fourth-order valence-electron chi connectivity index (χ4n) is 1.25. The van der Waals surface area contributed by atoms with Gasteiger partial charge in [0.05, 0.1) is 12.9 Å². The number of nitrogen functional groups attached to an aromatic ring is 1. The van der Waals surface area contributed by atoms with Crippen LogP contribution in [0.25, 0.3) is 0 Å². The fourth-order valence-corrected chi connectivity index (χ4v) is 2.91. The molecule has 1 heterocycles. The molecule has 5 nitrogen and oxygen atoms in total. The number of aromatic nitrogens is 2. The van der Waals surface area contributed by atoms with Gasteiger partial charge in [0.1, 0.15) is 10.8 Å². The number of thioether (sulfide) groups is 1. The second-order valence-electron chi connectivity index (χ2n) is 3.08. The highest BCUT2D eigenvalue weighted by Crippen LogP contribution is 2.32. The van der Waals surface area contributed by atoms with Gasteiger partial charge in [-0.15, -0.1) is 22.0 Å². The summed E-state index contributed by atoms with van der Waals surface area (Å²) in [5, 5.41) is 9.45. The van der Waals surface area contributed by atoms with Crippen molar-refractivity contribution < 1.29 is 4.74 Å². The highest BCUT2D eigenvalue weighted by molar-refractivity contribution is 7.98. The van der Waals surface area contributed by atoms with Crippen LogP contribution >= 0.6 is 23.1 Å². The number of benzene rings is 1. The van der Waals surface area contributed by atoms with E-state index in [1.54, 1.807) is 18.9 Å². The number of nitrogens with two attached hydrogens (primary N) is 1. The highest BCUT2D eigenvalue weighted by Gasteiger charge is 2.06. The molecule has 0 unspecified atom stereocenters. The summed E-state index contributed by atoms with van der Waals surface area (Å²) < 4.78 is 5.27. The number of rotatable bonds is 5. The number of ether oxygens (including phenoxy) is 1. The van der Waals surface area contributed by atoms with E-state index in [9.17, 15) is 0 Å². The Labute approximate surface area is 107 Å². The molecule has 0 aliphatic heterocycles. The predicted molar refractivity (Wildman–Crippen MR) is 70.3 cm³/mol. The van der Waals surface area contributed by atoms with Crippen LogP contribution in [-0.2, 0) is 5.75 Å². The Balaban J connectivity index is 2.01. The van der Waals surface area contributed by atoms with Crippen LogP contribution in [0.3, 0.4) is 0 Å². The predicted octanol–water partition coefficient (Wildman–Crippen LogP) is 2.12. The molecule has 3 N–H and O–H groups in total. The van der Waals surface area contributed by atoms with Gasteiger partial charge < -0.3 is 4.74 Å². The Morgan fingerprint density at radius 3 is 2.94 bits per heavy atom. The zero-order chi connectivity index (χ0) is 12.1. The summed E-state index contributed by atoms with van der Waals surface area (Å²) in [6, 6.07) is 7.89. The van der Waals surface area contributed by atoms with Gasteiger partial charge in [-0.05, 0) is 12.1 Å². The quantitative estimate of drug-likeness (QED) is 0.491. The molecule has 0 amide bonds. The zero-order valence-electron chi connectivity index (χ0n) is 9.21. The lowest BCUT2D eigenvalue weighted by Crippen LogP contribution is -2.05. The minimum atomic E-state index is 0.626. The molecule has 0 spiro atoms. The molecule has 2 aromatic rings. The van der Waals surface area contributed by atoms with Crippen molar-refractivity contribution in [3.8, 4) is 5.75 Å². The van der Waals surface area contributed by atoms with E-state index in [1.165, 1.54) is 11.3 Å². The van der Waals surface area contributed by atoms with Crippen LogP contribution in [0.4, 0.5) is 5.13 Å². The first-order chi connectivity index (χ1) is 8.33. The number of anilines is 1. The van der Waals surface area contributed by atoms with Crippen molar-refractivity contribution in [1.82, 2.24) is 10.2 Å². The second-order valence-corrected chi connectivity index (χ2v) is 5.16. The van der Waals surface area contributed by atoms with Crippen molar-refractivity contribution in [2.45, 2.75) is 10.6 Å². The summed E-state index contributed by atoms with van der Waals surface area (Å²) in [6.07, 6.45) is 0. The second kappa shape index (κ2) is 5.85. The summed E-state index contributed by atoms with van der Waals surface area (Å²) >= 11 is 3.11. The fraction of sp³-hybridized carbons (Fsp3) is 0.200. The van der Waals surface area contributed by atoms with Gasteiger partial charge in [-0.25, -0.2) is 5.84 Å².